The van der Waals surface area contributed by atoms with Gasteiger partial charge in [-0.25, -0.2) is 4.98 Å². The molecule has 32 heavy (non-hydrogen) atoms. The number of hydrogen-bond acceptors (Lipinski definition) is 6. The number of hydrogen-bond donors (Lipinski definition) is 1. The van der Waals surface area contributed by atoms with Crippen LogP contribution in [0, 0.1) is 0 Å². The van der Waals surface area contributed by atoms with Gasteiger partial charge in [-0.3, -0.25) is 14.1 Å². The normalized spacial score (nSPS) is 18.2. The molecule has 3 heterocycles. The van der Waals surface area contributed by atoms with Crippen molar-refractivity contribution in [2.24, 2.45) is 0 Å². The van der Waals surface area contributed by atoms with Crippen molar-refractivity contribution in [2.75, 3.05) is 31.1 Å². The van der Waals surface area contributed by atoms with E-state index in [1.807, 2.05) is 35.7 Å². The zero-order valence-electron chi connectivity index (χ0n) is 18.3. The molecule has 5 rings (SSSR count). The van der Waals surface area contributed by atoms with Crippen LogP contribution in [0.25, 0.3) is 16.4 Å². The molecule has 1 fully saturated rings. The Bertz CT molecular complexity index is 1250. The van der Waals surface area contributed by atoms with Gasteiger partial charge in [0.2, 0.25) is 11.6 Å². The van der Waals surface area contributed by atoms with Gasteiger partial charge in [-0.15, -0.1) is 10.2 Å². The standard InChI is InChI=1S/C24H27N7O/c1-17-14-29(12-13-31(17)23-24-28-26-16-30(24)11-10-25-23)15-22(32)27-18(2)20-9-5-7-19-6-3-4-8-21(19)20/h3-11,16-18H,12-15H2,1-2H3,(H,27,32)/t17-,18-/m0/s1. The highest BCUT2D eigenvalue weighted by atomic mass is 16.2. The van der Waals surface area contributed by atoms with Crippen LogP contribution in [0.3, 0.4) is 0 Å². The zero-order valence-corrected chi connectivity index (χ0v) is 18.3. The fraction of sp³-hybridized carbons (Fsp3) is 0.333. The third-order valence-corrected chi connectivity index (χ3v) is 6.22. The van der Waals surface area contributed by atoms with E-state index in [-0.39, 0.29) is 18.0 Å². The SMILES string of the molecule is C[C@H](NC(=O)CN1CCN(c2nccn3cnnc23)[C@@H](C)C1)c1cccc2ccccc12. The number of benzene rings is 2. The van der Waals surface area contributed by atoms with E-state index in [1.165, 1.54) is 10.8 Å². The summed E-state index contributed by atoms with van der Waals surface area (Å²) in [6.07, 6.45) is 5.30. The Balaban J connectivity index is 1.22. The molecule has 0 aliphatic carbocycles. The lowest BCUT2D eigenvalue weighted by atomic mass is 10.00. The number of piperazine rings is 1. The fourth-order valence-corrected chi connectivity index (χ4v) is 4.64. The maximum atomic E-state index is 12.8. The molecule has 4 aromatic rings. The van der Waals surface area contributed by atoms with Crippen molar-refractivity contribution < 1.29 is 4.79 Å². The van der Waals surface area contributed by atoms with Crippen molar-refractivity contribution in [1.29, 1.82) is 0 Å². The summed E-state index contributed by atoms with van der Waals surface area (Å²) in [5, 5.41) is 13.8. The molecule has 2 aromatic heterocycles. The Morgan fingerprint density at radius 3 is 2.91 bits per heavy atom. The average Bonchev–Trinajstić information content (AvgIpc) is 3.28. The average molecular weight is 430 g/mol. The van der Waals surface area contributed by atoms with Crippen LogP contribution in [0.1, 0.15) is 25.5 Å². The maximum Gasteiger partial charge on any atom is 0.234 e. The molecule has 0 bridgehead atoms. The minimum atomic E-state index is -0.0537. The van der Waals surface area contributed by atoms with E-state index in [4.69, 9.17) is 0 Å². The number of aromatic nitrogens is 4. The van der Waals surface area contributed by atoms with Crippen LogP contribution in [0.5, 0.6) is 0 Å². The second-order valence-corrected chi connectivity index (χ2v) is 8.45. The predicted octanol–water partition coefficient (Wildman–Crippen LogP) is 2.67. The Morgan fingerprint density at radius 1 is 1.19 bits per heavy atom. The number of carbonyl (C=O) groups is 1. The Kier molecular flexibility index (Phi) is 5.45. The smallest absolute Gasteiger partial charge is 0.234 e. The van der Waals surface area contributed by atoms with Gasteiger partial charge in [-0.05, 0) is 30.2 Å². The highest BCUT2D eigenvalue weighted by molar-refractivity contribution is 5.87. The van der Waals surface area contributed by atoms with Crippen LogP contribution < -0.4 is 10.2 Å². The van der Waals surface area contributed by atoms with Gasteiger partial charge in [0, 0.05) is 38.1 Å². The van der Waals surface area contributed by atoms with Gasteiger partial charge in [0.15, 0.2) is 5.82 Å². The number of anilines is 1. The molecule has 1 aliphatic heterocycles. The van der Waals surface area contributed by atoms with Gasteiger partial charge in [0.05, 0.1) is 12.6 Å². The second kappa shape index (κ2) is 8.55. The van der Waals surface area contributed by atoms with E-state index in [0.29, 0.717) is 6.54 Å². The van der Waals surface area contributed by atoms with E-state index in [1.54, 1.807) is 12.5 Å². The van der Waals surface area contributed by atoms with Crippen LogP contribution in [0.2, 0.25) is 0 Å². The summed E-state index contributed by atoms with van der Waals surface area (Å²) in [5.41, 5.74) is 1.90. The molecular formula is C24H27N7O. The summed E-state index contributed by atoms with van der Waals surface area (Å²) >= 11 is 0. The summed E-state index contributed by atoms with van der Waals surface area (Å²) in [5.74, 6) is 0.884. The van der Waals surface area contributed by atoms with E-state index in [0.717, 1.165) is 36.7 Å². The summed E-state index contributed by atoms with van der Waals surface area (Å²) in [6.45, 7) is 6.95. The number of nitrogens with one attached hydrogen (secondary N) is 1. The number of rotatable bonds is 5. The first-order valence-electron chi connectivity index (χ1n) is 11.0. The molecule has 1 aliphatic rings. The highest BCUT2D eigenvalue weighted by Gasteiger charge is 2.28. The van der Waals surface area contributed by atoms with E-state index < -0.39 is 0 Å². The largest absolute Gasteiger partial charge is 0.348 e. The summed E-state index contributed by atoms with van der Waals surface area (Å²) in [4.78, 5) is 21.8. The maximum absolute atomic E-state index is 12.8. The lowest BCUT2D eigenvalue weighted by molar-refractivity contribution is -0.123. The van der Waals surface area contributed by atoms with E-state index in [2.05, 4.69) is 61.5 Å². The molecule has 1 amide bonds. The number of carbonyl (C=O) groups excluding carboxylic acids is 1. The molecule has 0 saturated carbocycles. The number of fused-ring (bicyclic) bond motifs is 2. The summed E-state index contributed by atoms with van der Waals surface area (Å²) in [7, 11) is 0. The molecule has 2 atom stereocenters. The topological polar surface area (TPSA) is 78.7 Å². The Hall–Kier alpha value is -3.52. The minimum Gasteiger partial charge on any atom is -0.348 e. The van der Waals surface area contributed by atoms with Crippen molar-refractivity contribution in [3.05, 3.63) is 66.7 Å². The lowest BCUT2D eigenvalue weighted by Crippen LogP contribution is -2.54. The van der Waals surface area contributed by atoms with Gasteiger partial charge in [0.1, 0.15) is 6.33 Å². The van der Waals surface area contributed by atoms with Crippen LogP contribution in [-0.2, 0) is 4.79 Å². The fourth-order valence-electron chi connectivity index (χ4n) is 4.64. The second-order valence-electron chi connectivity index (χ2n) is 8.45. The summed E-state index contributed by atoms with van der Waals surface area (Å²) in [6, 6.07) is 14.7. The molecule has 1 saturated heterocycles. The molecule has 8 nitrogen and oxygen atoms in total. The molecule has 0 spiro atoms. The summed E-state index contributed by atoms with van der Waals surface area (Å²) < 4.78 is 1.88. The molecule has 164 valence electrons. The monoisotopic (exact) mass is 429 g/mol. The quantitative estimate of drug-likeness (QED) is 0.526. The van der Waals surface area contributed by atoms with Crippen molar-refractivity contribution in [3.63, 3.8) is 0 Å². The van der Waals surface area contributed by atoms with Crippen LogP contribution in [0.4, 0.5) is 5.82 Å². The first kappa shape index (κ1) is 20.4. The van der Waals surface area contributed by atoms with Gasteiger partial charge < -0.3 is 10.2 Å². The molecular weight excluding hydrogens is 402 g/mol. The van der Waals surface area contributed by atoms with E-state index >= 15 is 0 Å². The third kappa shape index (κ3) is 3.89. The zero-order chi connectivity index (χ0) is 22.1. The van der Waals surface area contributed by atoms with Gasteiger partial charge in [-0.2, -0.15) is 0 Å². The van der Waals surface area contributed by atoms with Gasteiger partial charge in [0.25, 0.3) is 0 Å². The van der Waals surface area contributed by atoms with Crippen molar-refractivity contribution >= 4 is 28.1 Å². The molecule has 8 heteroatoms. The third-order valence-electron chi connectivity index (χ3n) is 6.22. The number of amides is 1. The van der Waals surface area contributed by atoms with Crippen LogP contribution in [-0.4, -0.2) is 62.6 Å². The van der Waals surface area contributed by atoms with Crippen LogP contribution in [0.15, 0.2) is 61.2 Å². The molecule has 1 N–H and O–H groups in total. The molecule has 0 radical (unpaired) electrons. The first-order chi connectivity index (χ1) is 15.6. The van der Waals surface area contributed by atoms with Crippen molar-refractivity contribution in [3.8, 4) is 0 Å². The van der Waals surface area contributed by atoms with Gasteiger partial charge in [-0.1, -0.05) is 42.5 Å². The highest BCUT2D eigenvalue weighted by Crippen LogP contribution is 2.24. The first-order valence-corrected chi connectivity index (χ1v) is 11.0. The van der Waals surface area contributed by atoms with E-state index in [9.17, 15) is 4.79 Å². The lowest BCUT2D eigenvalue weighted by Gasteiger charge is -2.40. The minimum absolute atomic E-state index is 0.0452. The Morgan fingerprint density at radius 2 is 2.03 bits per heavy atom. The number of nitrogens with zero attached hydrogens (tertiary/aromatic N) is 6. The molecule has 2 aromatic carbocycles. The van der Waals surface area contributed by atoms with Crippen molar-refractivity contribution in [2.45, 2.75) is 25.9 Å². The van der Waals surface area contributed by atoms with Crippen LogP contribution >= 0.6 is 0 Å². The predicted molar refractivity (Wildman–Crippen MR) is 125 cm³/mol. The van der Waals surface area contributed by atoms with Gasteiger partial charge >= 0.3 is 0 Å². The van der Waals surface area contributed by atoms with Crippen molar-refractivity contribution in [1.82, 2.24) is 29.8 Å². The Labute approximate surface area is 186 Å². The molecule has 0 unspecified atom stereocenters.